The van der Waals surface area contributed by atoms with E-state index in [1.165, 1.54) is 5.56 Å². The number of hydrogen-bond donors (Lipinski definition) is 0. The van der Waals surface area contributed by atoms with E-state index in [1.54, 1.807) is 0 Å². The van der Waals surface area contributed by atoms with E-state index >= 15 is 0 Å². The standard InChI is InChI=1S/C12H20N2O/c1-5-7-11(15)8-14-10(4)12(6-2)9(3)13-14/h5-8H2,1-4H3. The molecule has 0 saturated heterocycles. The van der Waals surface area contributed by atoms with Crippen LogP contribution >= 0.6 is 0 Å². The highest BCUT2D eigenvalue weighted by molar-refractivity contribution is 5.78. The van der Waals surface area contributed by atoms with Gasteiger partial charge in [0.15, 0.2) is 5.78 Å². The zero-order chi connectivity index (χ0) is 11.4. The molecule has 1 aromatic heterocycles. The van der Waals surface area contributed by atoms with Gasteiger partial charge in [0.05, 0.1) is 12.2 Å². The van der Waals surface area contributed by atoms with Gasteiger partial charge in [-0.25, -0.2) is 0 Å². The monoisotopic (exact) mass is 208 g/mol. The van der Waals surface area contributed by atoms with Gasteiger partial charge in [-0.3, -0.25) is 9.48 Å². The molecule has 0 amide bonds. The first-order chi connectivity index (χ1) is 7.10. The van der Waals surface area contributed by atoms with Crippen molar-refractivity contribution < 1.29 is 4.79 Å². The summed E-state index contributed by atoms with van der Waals surface area (Å²) in [7, 11) is 0. The topological polar surface area (TPSA) is 34.9 Å². The van der Waals surface area contributed by atoms with Crippen LogP contribution in [0, 0.1) is 13.8 Å². The molecular formula is C12H20N2O. The zero-order valence-corrected chi connectivity index (χ0v) is 10.1. The second-order valence-electron chi connectivity index (χ2n) is 3.95. The predicted molar refractivity (Wildman–Crippen MR) is 61.0 cm³/mol. The molecule has 84 valence electrons. The number of ketones is 1. The van der Waals surface area contributed by atoms with Crippen LogP contribution in [0.2, 0.25) is 0 Å². The lowest BCUT2D eigenvalue weighted by molar-refractivity contribution is -0.119. The Balaban J connectivity index is 2.82. The van der Waals surface area contributed by atoms with Gasteiger partial charge < -0.3 is 0 Å². The molecule has 3 nitrogen and oxygen atoms in total. The summed E-state index contributed by atoms with van der Waals surface area (Å²) in [6, 6.07) is 0. The van der Waals surface area contributed by atoms with Crippen molar-refractivity contribution in [2.45, 2.75) is 53.5 Å². The van der Waals surface area contributed by atoms with Gasteiger partial charge >= 0.3 is 0 Å². The summed E-state index contributed by atoms with van der Waals surface area (Å²) < 4.78 is 1.84. The predicted octanol–water partition coefficient (Wildman–Crippen LogP) is 2.43. The lowest BCUT2D eigenvalue weighted by Gasteiger charge is -2.03. The molecule has 0 N–H and O–H groups in total. The van der Waals surface area contributed by atoms with Gasteiger partial charge in [-0.05, 0) is 32.3 Å². The van der Waals surface area contributed by atoms with Crippen molar-refractivity contribution in [1.82, 2.24) is 9.78 Å². The van der Waals surface area contributed by atoms with Crippen molar-refractivity contribution in [3.05, 3.63) is 17.0 Å². The smallest absolute Gasteiger partial charge is 0.154 e. The second kappa shape index (κ2) is 5.10. The second-order valence-corrected chi connectivity index (χ2v) is 3.95. The maximum atomic E-state index is 11.5. The average molecular weight is 208 g/mol. The Morgan fingerprint density at radius 1 is 1.33 bits per heavy atom. The molecule has 0 aliphatic heterocycles. The molecule has 0 bridgehead atoms. The highest BCUT2D eigenvalue weighted by Gasteiger charge is 2.11. The fourth-order valence-electron chi connectivity index (χ4n) is 1.92. The Hall–Kier alpha value is -1.12. The van der Waals surface area contributed by atoms with E-state index in [1.807, 2.05) is 25.5 Å². The molecule has 0 aliphatic rings. The highest BCUT2D eigenvalue weighted by Crippen LogP contribution is 2.13. The molecule has 0 unspecified atom stereocenters. The molecule has 1 rings (SSSR count). The summed E-state index contributed by atoms with van der Waals surface area (Å²) in [4.78, 5) is 11.5. The summed E-state index contributed by atoms with van der Waals surface area (Å²) in [6.45, 7) is 8.62. The molecule has 3 heteroatoms. The van der Waals surface area contributed by atoms with Gasteiger partial charge in [0.1, 0.15) is 0 Å². The maximum Gasteiger partial charge on any atom is 0.154 e. The maximum absolute atomic E-state index is 11.5. The van der Waals surface area contributed by atoms with Gasteiger partial charge in [0.2, 0.25) is 0 Å². The number of carbonyl (C=O) groups is 1. The van der Waals surface area contributed by atoms with Crippen LogP contribution in [-0.4, -0.2) is 15.6 Å². The number of nitrogens with zero attached hydrogens (tertiary/aromatic N) is 2. The van der Waals surface area contributed by atoms with Crippen LogP contribution in [0.15, 0.2) is 0 Å². The van der Waals surface area contributed by atoms with Crippen molar-refractivity contribution in [3.63, 3.8) is 0 Å². The summed E-state index contributed by atoms with van der Waals surface area (Å²) in [5.74, 6) is 0.269. The van der Waals surface area contributed by atoms with Gasteiger partial charge in [-0.2, -0.15) is 5.10 Å². The third-order valence-corrected chi connectivity index (χ3v) is 2.74. The van der Waals surface area contributed by atoms with E-state index in [9.17, 15) is 4.79 Å². The van der Waals surface area contributed by atoms with Crippen molar-refractivity contribution in [3.8, 4) is 0 Å². The number of rotatable bonds is 5. The van der Waals surface area contributed by atoms with Crippen LogP contribution in [-0.2, 0) is 17.8 Å². The first kappa shape index (κ1) is 12.0. The minimum atomic E-state index is 0.269. The van der Waals surface area contributed by atoms with E-state index in [0.29, 0.717) is 13.0 Å². The Morgan fingerprint density at radius 2 is 2.00 bits per heavy atom. The van der Waals surface area contributed by atoms with Gasteiger partial charge in [0.25, 0.3) is 0 Å². The van der Waals surface area contributed by atoms with Crippen molar-refractivity contribution in [2.24, 2.45) is 0 Å². The molecule has 0 radical (unpaired) electrons. The quantitative estimate of drug-likeness (QED) is 0.745. The van der Waals surface area contributed by atoms with E-state index in [-0.39, 0.29) is 5.78 Å². The van der Waals surface area contributed by atoms with Crippen LogP contribution in [0.3, 0.4) is 0 Å². The van der Waals surface area contributed by atoms with Crippen LogP contribution < -0.4 is 0 Å². The largest absolute Gasteiger partial charge is 0.298 e. The number of hydrogen-bond acceptors (Lipinski definition) is 2. The van der Waals surface area contributed by atoms with Crippen LogP contribution in [0.25, 0.3) is 0 Å². The number of aromatic nitrogens is 2. The minimum Gasteiger partial charge on any atom is -0.298 e. The van der Waals surface area contributed by atoms with Crippen molar-refractivity contribution in [1.29, 1.82) is 0 Å². The summed E-state index contributed by atoms with van der Waals surface area (Å²) in [5.41, 5.74) is 3.47. The fourth-order valence-corrected chi connectivity index (χ4v) is 1.92. The molecule has 15 heavy (non-hydrogen) atoms. The Morgan fingerprint density at radius 3 is 2.47 bits per heavy atom. The molecule has 0 saturated carbocycles. The minimum absolute atomic E-state index is 0.269. The first-order valence-corrected chi connectivity index (χ1v) is 5.64. The summed E-state index contributed by atoms with van der Waals surface area (Å²) in [6.07, 6.45) is 2.55. The molecule has 1 heterocycles. The van der Waals surface area contributed by atoms with Crippen LogP contribution in [0.4, 0.5) is 0 Å². The van der Waals surface area contributed by atoms with E-state index < -0.39 is 0 Å². The zero-order valence-electron chi connectivity index (χ0n) is 10.1. The van der Waals surface area contributed by atoms with E-state index in [2.05, 4.69) is 12.0 Å². The van der Waals surface area contributed by atoms with Gasteiger partial charge in [-0.1, -0.05) is 13.8 Å². The first-order valence-electron chi connectivity index (χ1n) is 5.64. The summed E-state index contributed by atoms with van der Waals surface area (Å²) in [5, 5.41) is 4.40. The number of carbonyl (C=O) groups excluding carboxylic acids is 1. The van der Waals surface area contributed by atoms with Gasteiger partial charge in [0, 0.05) is 12.1 Å². The summed E-state index contributed by atoms with van der Waals surface area (Å²) >= 11 is 0. The Bertz CT molecular complexity index is 353. The molecule has 0 spiro atoms. The molecule has 1 aromatic rings. The highest BCUT2D eigenvalue weighted by atomic mass is 16.1. The normalized spacial score (nSPS) is 10.7. The lowest BCUT2D eigenvalue weighted by Crippen LogP contribution is -2.12. The van der Waals surface area contributed by atoms with Crippen LogP contribution in [0.1, 0.15) is 43.6 Å². The SMILES string of the molecule is CCCC(=O)Cn1nc(C)c(CC)c1C. The molecule has 0 fully saturated rings. The molecule has 0 atom stereocenters. The van der Waals surface area contributed by atoms with E-state index in [0.717, 1.165) is 24.2 Å². The van der Waals surface area contributed by atoms with E-state index in [4.69, 9.17) is 0 Å². The van der Waals surface area contributed by atoms with Gasteiger partial charge in [-0.15, -0.1) is 0 Å². The van der Waals surface area contributed by atoms with Crippen molar-refractivity contribution in [2.75, 3.05) is 0 Å². The Kier molecular flexibility index (Phi) is 4.06. The molecule has 0 aliphatic carbocycles. The molecule has 0 aromatic carbocycles. The molecular weight excluding hydrogens is 188 g/mol. The third kappa shape index (κ3) is 2.67. The number of aryl methyl sites for hydroxylation is 1. The third-order valence-electron chi connectivity index (χ3n) is 2.74. The lowest BCUT2D eigenvalue weighted by atomic mass is 10.1. The van der Waals surface area contributed by atoms with Crippen molar-refractivity contribution >= 4 is 5.78 Å². The van der Waals surface area contributed by atoms with Crippen LogP contribution in [0.5, 0.6) is 0 Å². The number of Topliss-reactive ketones (excluding diaryl/α,β-unsaturated/α-hetero) is 1. The fraction of sp³-hybridized carbons (Fsp3) is 0.667. The average Bonchev–Trinajstić information content (AvgIpc) is 2.42. The Labute approximate surface area is 91.5 Å².